The summed E-state index contributed by atoms with van der Waals surface area (Å²) in [6.45, 7) is 5.87. The highest BCUT2D eigenvalue weighted by Crippen LogP contribution is 2.28. The van der Waals surface area contributed by atoms with Crippen molar-refractivity contribution in [1.29, 1.82) is 0 Å². The Labute approximate surface area is 149 Å². The van der Waals surface area contributed by atoms with Crippen molar-refractivity contribution in [3.8, 4) is 0 Å². The predicted octanol–water partition coefficient (Wildman–Crippen LogP) is 3.26. The highest BCUT2D eigenvalue weighted by molar-refractivity contribution is 5.91. The van der Waals surface area contributed by atoms with E-state index in [1.165, 1.54) is 5.56 Å². The fraction of sp³-hybridized carbons (Fsp3) is 0.333. The first-order valence-corrected chi connectivity index (χ1v) is 8.48. The third-order valence-electron chi connectivity index (χ3n) is 4.77. The molecule has 0 aliphatic carbocycles. The average Bonchev–Trinajstić information content (AvgIpc) is 2.61. The Bertz CT molecular complexity index is 726. The van der Waals surface area contributed by atoms with Gasteiger partial charge in [-0.25, -0.2) is 0 Å². The van der Waals surface area contributed by atoms with Crippen molar-refractivity contribution in [3.05, 3.63) is 71.8 Å². The third-order valence-corrected chi connectivity index (χ3v) is 4.77. The molecule has 0 saturated carbocycles. The van der Waals surface area contributed by atoms with Crippen molar-refractivity contribution < 1.29 is 9.59 Å². The lowest BCUT2D eigenvalue weighted by Crippen LogP contribution is -2.52. The van der Waals surface area contributed by atoms with Crippen molar-refractivity contribution >= 4 is 11.8 Å². The zero-order chi connectivity index (χ0) is 18.5. The van der Waals surface area contributed by atoms with Gasteiger partial charge >= 0.3 is 0 Å². The largest absolute Gasteiger partial charge is 0.367 e. The number of hydrogen-bond donors (Lipinski definition) is 2. The molecule has 2 rings (SSSR count). The lowest BCUT2D eigenvalue weighted by atomic mass is 9.80. The van der Waals surface area contributed by atoms with Crippen LogP contribution >= 0.6 is 0 Å². The van der Waals surface area contributed by atoms with Crippen LogP contribution in [0.3, 0.4) is 0 Å². The molecular weight excluding hydrogens is 312 g/mol. The van der Waals surface area contributed by atoms with Gasteiger partial charge in [-0.05, 0) is 29.9 Å². The quantitative estimate of drug-likeness (QED) is 0.813. The zero-order valence-electron chi connectivity index (χ0n) is 15.1. The second-order valence-electron chi connectivity index (χ2n) is 7.15. The maximum absolute atomic E-state index is 12.5. The summed E-state index contributed by atoms with van der Waals surface area (Å²) in [4.78, 5) is 24.5. The molecule has 4 nitrogen and oxygen atoms in total. The Morgan fingerprint density at radius 3 is 1.84 bits per heavy atom. The van der Waals surface area contributed by atoms with Gasteiger partial charge in [-0.15, -0.1) is 0 Å². The number of carbonyl (C=O) groups is 2. The fourth-order valence-corrected chi connectivity index (χ4v) is 2.85. The molecule has 0 bridgehead atoms. The number of nitrogens with one attached hydrogen (secondary N) is 1. The number of primary amides is 1. The van der Waals surface area contributed by atoms with Crippen molar-refractivity contribution in [2.24, 2.45) is 5.73 Å². The number of carbonyl (C=O) groups excluding carboxylic acids is 2. The highest BCUT2D eigenvalue weighted by Gasteiger charge is 2.35. The lowest BCUT2D eigenvalue weighted by molar-refractivity contribution is -0.131. The molecular formula is C21H26N2O2. The molecule has 0 spiro atoms. The molecule has 2 aromatic carbocycles. The van der Waals surface area contributed by atoms with Crippen LogP contribution in [0.4, 0.5) is 0 Å². The lowest BCUT2D eigenvalue weighted by Gasteiger charge is -2.29. The first kappa shape index (κ1) is 18.7. The SMILES string of the molecule is CC(C)(CCC(=O)NC(C)(C(N)=O)c1ccccc1)c1ccccc1. The Hall–Kier alpha value is -2.62. The van der Waals surface area contributed by atoms with Crippen LogP contribution in [0.5, 0.6) is 0 Å². The van der Waals surface area contributed by atoms with Crippen LogP contribution in [0.1, 0.15) is 44.7 Å². The molecule has 0 radical (unpaired) electrons. The molecule has 4 heteroatoms. The summed E-state index contributed by atoms with van der Waals surface area (Å²) in [5, 5.41) is 2.82. The Kier molecular flexibility index (Phi) is 5.62. The van der Waals surface area contributed by atoms with Gasteiger partial charge in [-0.1, -0.05) is 74.5 Å². The van der Waals surface area contributed by atoms with E-state index in [4.69, 9.17) is 5.73 Å². The van der Waals surface area contributed by atoms with E-state index in [1.54, 1.807) is 19.1 Å². The van der Waals surface area contributed by atoms with Gasteiger partial charge in [0.2, 0.25) is 11.8 Å². The molecule has 2 aromatic rings. The molecule has 0 aliphatic heterocycles. The summed E-state index contributed by atoms with van der Waals surface area (Å²) in [6.07, 6.45) is 0.990. The van der Waals surface area contributed by atoms with Crippen LogP contribution in [0.15, 0.2) is 60.7 Å². The summed E-state index contributed by atoms with van der Waals surface area (Å²) in [5.41, 5.74) is 6.09. The fourth-order valence-electron chi connectivity index (χ4n) is 2.85. The molecule has 0 fully saturated rings. The second-order valence-corrected chi connectivity index (χ2v) is 7.15. The van der Waals surface area contributed by atoms with E-state index in [1.807, 2.05) is 36.4 Å². The monoisotopic (exact) mass is 338 g/mol. The summed E-state index contributed by atoms with van der Waals surface area (Å²) < 4.78 is 0. The summed E-state index contributed by atoms with van der Waals surface area (Å²) in [5.74, 6) is -0.761. The minimum absolute atomic E-state index is 0.130. The predicted molar refractivity (Wildman–Crippen MR) is 99.8 cm³/mol. The summed E-state index contributed by atoms with van der Waals surface area (Å²) in [7, 11) is 0. The molecule has 0 saturated heterocycles. The highest BCUT2D eigenvalue weighted by atomic mass is 16.2. The van der Waals surface area contributed by atoms with Crippen LogP contribution in [0, 0.1) is 0 Å². The number of rotatable bonds is 7. The van der Waals surface area contributed by atoms with E-state index >= 15 is 0 Å². The van der Waals surface area contributed by atoms with Gasteiger partial charge in [-0.3, -0.25) is 9.59 Å². The summed E-state index contributed by atoms with van der Waals surface area (Å²) in [6, 6.07) is 19.2. The van der Waals surface area contributed by atoms with E-state index in [2.05, 4.69) is 31.3 Å². The molecule has 1 unspecified atom stereocenters. The normalized spacial score (nSPS) is 13.7. The molecule has 3 N–H and O–H groups in total. The topological polar surface area (TPSA) is 72.2 Å². The van der Waals surface area contributed by atoms with Gasteiger partial charge < -0.3 is 11.1 Å². The molecule has 1 atom stereocenters. The van der Waals surface area contributed by atoms with E-state index in [-0.39, 0.29) is 11.3 Å². The Morgan fingerprint density at radius 1 is 0.880 bits per heavy atom. The number of benzene rings is 2. The molecule has 2 amide bonds. The molecule has 132 valence electrons. The minimum Gasteiger partial charge on any atom is -0.367 e. The van der Waals surface area contributed by atoms with Crippen LogP contribution in [0.2, 0.25) is 0 Å². The first-order valence-electron chi connectivity index (χ1n) is 8.48. The smallest absolute Gasteiger partial charge is 0.247 e. The molecule has 0 aliphatic rings. The zero-order valence-corrected chi connectivity index (χ0v) is 15.1. The van der Waals surface area contributed by atoms with Gasteiger partial charge in [0.25, 0.3) is 0 Å². The van der Waals surface area contributed by atoms with Crippen LogP contribution in [-0.4, -0.2) is 11.8 Å². The summed E-state index contributed by atoms with van der Waals surface area (Å²) >= 11 is 0. The van der Waals surface area contributed by atoms with Gasteiger partial charge in [0.1, 0.15) is 5.54 Å². The van der Waals surface area contributed by atoms with Crippen molar-refractivity contribution in [2.75, 3.05) is 0 Å². The third kappa shape index (κ3) is 4.47. The maximum atomic E-state index is 12.5. The van der Waals surface area contributed by atoms with Crippen LogP contribution in [-0.2, 0) is 20.5 Å². The van der Waals surface area contributed by atoms with E-state index < -0.39 is 11.4 Å². The van der Waals surface area contributed by atoms with Crippen molar-refractivity contribution in [3.63, 3.8) is 0 Å². The standard InChI is InChI=1S/C21H26N2O2/c1-20(2,16-10-6-4-7-11-16)15-14-18(24)23-21(3,19(22)25)17-12-8-5-9-13-17/h4-13H,14-15H2,1-3H3,(H2,22,25)(H,23,24). The van der Waals surface area contributed by atoms with Crippen molar-refractivity contribution in [2.45, 2.75) is 44.6 Å². The molecule has 0 aromatic heterocycles. The van der Waals surface area contributed by atoms with Gasteiger partial charge in [0, 0.05) is 6.42 Å². The number of nitrogens with two attached hydrogens (primary N) is 1. The van der Waals surface area contributed by atoms with E-state index in [0.29, 0.717) is 18.4 Å². The Morgan fingerprint density at radius 2 is 1.36 bits per heavy atom. The number of hydrogen-bond acceptors (Lipinski definition) is 2. The van der Waals surface area contributed by atoms with Gasteiger partial charge in [0.15, 0.2) is 0 Å². The van der Waals surface area contributed by atoms with Crippen LogP contribution < -0.4 is 11.1 Å². The van der Waals surface area contributed by atoms with Gasteiger partial charge in [-0.2, -0.15) is 0 Å². The first-order chi connectivity index (χ1) is 11.8. The Balaban J connectivity index is 2.07. The van der Waals surface area contributed by atoms with E-state index in [9.17, 15) is 9.59 Å². The molecule has 25 heavy (non-hydrogen) atoms. The van der Waals surface area contributed by atoms with Crippen molar-refractivity contribution in [1.82, 2.24) is 5.32 Å². The van der Waals surface area contributed by atoms with E-state index in [0.717, 1.165) is 0 Å². The van der Waals surface area contributed by atoms with Gasteiger partial charge in [0.05, 0.1) is 0 Å². The second kappa shape index (κ2) is 7.51. The average molecular weight is 338 g/mol. The number of amides is 2. The minimum atomic E-state index is -1.21. The van der Waals surface area contributed by atoms with Crippen LogP contribution in [0.25, 0.3) is 0 Å². The maximum Gasteiger partial charge on any atom is 0.247 e. The molecule has 0 heterocycles.